The van der Waals surface area contributed by atoms with E-state index in [9.17, 15) is 4.79 Å². The normalized spacial score (nSPS) is 17.6. The number of carbonyl (C=O) groups is 1. The highest BCUT2D eigenvalue weighted by molar-refractivity contribution is 7.09. The summed E-state index contributed by atoms with van der Waals surface area (Å²) < 4.78 is 0. The van der Waals surface area contributed by atoms with Crippen molar-refractivity contribution in [1.29, 1.82) is 0 Å². The van der Waals surface area contributed by atoms with Crippen molar-refractivity contribution in [3.63, 3.8) is 0 Å². The number of hydrogen-bond donors (Lipinski definition) is 1. The molecule has 0 spiro atoms. The Labute approximate surface area is 138 Å². The van der Waals surface area contributed by atoms with Crippen LogP contribution < -0.4 is 5.32 Å². The second kappa shape index (κ2) is 7.55. The fourth-order valence-electron chi connectivity index (χ4n) is 2.74. The molecule has 124 valence electrons. The Morgan fingerprint density at radius 2 is 2.09 bits per heavy atom. The summed E-state index contributed by atoms with van der Waals surface area (Å²) in [5.41, 5.74) is 0.615. The van der Waals surface area contributed by atoms with Crippen molar-refractivity contribution in [3.05, 3.63) is 16.1 Å². The van der Waals surface area contributed by atoms with Gasteiger partial charge in [0.2, 0.25) is 0 Å². The largest absolute Gasteiger partial charge is 0.346 e. The van der Waals surface area contributed by atoms with Gasteiger partial charge in [0.25, 0.3) is 5.91 Å². The van der Waals surface area contributed by atoms with Gasteiger partial charge in [0, 0.05) is 18.0 Å². The minimum Gasteiger partial charge on any atom is -0.346 e. The topological polar surface area (TPSA) is 45.2 Å². The first-order valence-corrected chi connectivity index (χ1v) is 9.25. The molecule has 1 aromatic rings. The molecule has 1 aliphatic heterocycles. The van der Waals surface area contributed by atoms with Crippen LogP contribution in [0.15, 0.2) is 5.38 Å². The van der Waals surface area contributed by atoms with Crippen molar-refractivity contribution in [2.45, 2.75) is 59.4 Å². The van der Waals surface area contributed by atoms with Gasteiger partial charge in [-0.15, -0.1) is 11.3 Å². The van der Waals surface area contributed by atoms with Crippen LogP contribution in [0.4, 0.5) is 0 Å². The van der Waals surface area contributed by atoms with Crippen LogP contribution in [0.5, 0.6) is 0 Å². The lowest BCUT2D eigenvalue weighted by molar-refractivity contribution is 0.0874. The molecule has 1 atom stereocenters. The number of carbonyl (C=O) groups excluding carboxylic acids is 1. The predicted octanol–water partition coefficient (Wildman–Crippen LogP) is 3.34. The third-order valence-corrected chi connectivity index (χ3v) is 5.15. The van der Waals surface area contributed by atoms with Gasteiger partial charge in [-0.3, -0.25) is 4.79 Å². The first-order valence-electron chi connectivity index (χ1n) is 8.37. The van der Waals surface area contributed by atoms with Crippen LogP contribution in [0.25, 0.3) is 0 Å². The molecule has 1 amide bonds. The van der Waals surface area contributed by atoms with E-state index in [2.05, 4.69) is 42.9 Å². The zero-order valence-electron chi connectivity index (χ0n) is 14.3. The van der Waals surface area contributed by atoms with Crippen molar-refractivity contribution in [1.82, 2.24) is 15.2 Å². The van der Waals surface area contributed by atoms with Crippen LogP contribution in [0, 0.1) is 5.41 Å². The molecule has 0 aromatic carbocycles. The maximum Gasteiger partial charge on any atom is 0.271 e. The summed E-state index contributed by atoms with van der Waals surface area (Å²) in [7, 11) is 0. The van der Waals surface area contributed by atoms with Gasteiger partial charge in [-0.1, -0.05) is 27.7 Å². The molecule has 0 aliphatic carbocycles. The van der Waals surface area contributed by atoms with Gasteiger partial charge in [0.05, 0.1) is 5.01 Å². The molecule has 5 heteroatoms. The zero-order valence-corrected chi connectivity index (χ0v) is 15.1. The summed E-state index contributed by atoms with van der Waals surface area (Å²) >= 11 is 1.59. The standard InChI is InChI=1S/C17H29N3OS/c1-5-8-15-18-13(12-22-15)16(21)19-14(17(2,3)4)11-20-9-6-7-10-20/h12,14H,5-11H2,1-4H3,(H,19,21)/t14-/m0/s1. The lowest BCUT2D eigenvalue weighted by Crippen LogP contribution is -2.50. The number of amides is 1. The number of nitrogens with zero attached hydrogens (tertiary/aromatic N) is 2. The van der Waals surface area contributed by atoms with Crippen LogP contribution in [-0.4, -0.2) is 41.5 Å². The van der Waals surface area contributed by atoms with E-state index in [1.807, 2.05) is 5.38 Å². The monoisotopic (exact) mass is 323 g/mol. The average molecular weight is 324 g/mol. The Hall–Kier alpha value is -0.940. The van der Waals surface area contributed by atoms with Gasteiger partial charge in [0.15, 0.2) is 0 Å². The second-order valence-corrected chi connectivity index (χ2v) is 8.22. The number of hydrogen-bond acceptors (Lipinski definition) is 4. The second-order valence-electron chi connectivity index (χ2n) is 7.28. The zero-order chi connectivity index (χ0) is 16.2. The van der Waals surface area contributed by atoms with Crippen LogP contribution in [0.3, 0.4) is 0 Å². The highest BCUT2D eigenvalue weighted by Crippen LogP contribution is 2.22. The lowest BCUT2D eigenvalue weighted by Gasteiger charge is -2.34. The van der Waals surface area contributed by atoms with Gasteiger partial charge >= 0.3 is 0 Å². The van der Waals surface area contributed by atoms with Crippen LogP contribution in [0.2, 0.25) is 0 Å². The van der Waals surface area contributed by atoms with Crippen LogP contribution in [0.1, 0.15) is 62.5 Å². The predicted molar refractivity (Wildman–Crippen MR) is 92.5 cm³/mol. The van der Waals surface area contributed by atoms with Gasteiger partial charge in [0.1, 0.15) is 5.69 Å². The molecule has 2 rings (SSSR count). The molecular formula is C17H29N3OS. The quantitative estimate of drug-likeness (QED) is 0.873. The number of nitrogens with one attached hydrogen (secondary N) is 1. The van der Waals surface area contributed by atoms with E-state index in [-0.39, 0.29) is 17.4 Å². The summed E-state index contributed by atoms with van der Waals surface area (Å²) in [6.45, 7) is 11.9. The third-order valence-electron chi connectivity index (χ3n) is 4.24. The molecule has 2 heterocycles. The molecule has 0 radical (unpaired) electrons. The summed E-state index contributed by atoms with van der Waals surface area (Å²) in [6.07, 6.45) is 4.57. The molecule has 1 fully saturated rings. The Balaban J connectivity index is 2.00. The fourth-order valence-corrected chi connectivity index (χ4v) is 3.62. The average Bonchev–Trinajstić information content (AvgIpc) is 3.08. The van der Waals surface area contributed by atoms with Crippen molar-refractivity contribution < 1.29 is 4.79 Å². The minimum atomic E-state index is -0.0299. The molecule has 1 aromatic heterocycles. The molecule has 1 aliphatic rings. The van der Waals surface area contributed by atoms with Gasteiger partial charge in [-0.2, -0.15) is 0 Å². The van der Waals surface area contributed by atoms with Crippen molar-refractivity contribution >= 4 is 17.2 Å². The Bertz CT molecular complexity index is 486. The SMILES string of the molecule is CCCc1nc(C(=O)N[C@@H](CN2CCCC2)C(C)(C)C)cs1. The number of rotatable bonds is 6. The van der Waals surface area contributed by atoms with E-state index in [1.165, 1.54) is 12.8 Å². The van der Waals surface area contributed by atoms with Crippen molar-refractivity contribution in [3.8, 4) is 0 Å². The van der Waals surface area contributed by atoms with E-state index >= 15 is 0 Å². The molecular weight excluding hydrogens is 294 g/mol. The first kappa shape index (κ1) is 17.4. The van der Waals surface area contributed by atoms with E-state index in [0.717, 1.165) is 37.5 Å². The molecule has 0 unspecified atom stereocenters. The maximum absolute atomic E-state index is 12.5. The molecule has 22 heavy (non-hydrogen) atoms. The van der Waals surface area contributed by atoms with E-state index in [1.54, 1.807) is 11.3 Å². The maximum atomic E-state index is 12.5. The number of aryl methyl sites for hydroxylation is 1. The van der Waals surface area contributed by atoms with Crippen LogP contribution in [-0.2, 0) is 6.42 Å². The summed E-state index contributed by atoms with van der Waals surface area (Å²) in [5, 5.41) is 6.16. The van der Waals surface area contributed by atoms with Crippen molar-refractivity contribution in [2.75, 3.05) is 19.6 Å². The third kappa shape index (κ3) is 4.78. The Morgan fingerprint density at radius 1 is 1.41 bits per heavy atom. The van der Waals surface area contributed by atoms with E-state index in [4.69, 9.17) is 0 Å². The van der Waals surface area contributed by atoms with E-state index < -0.39 is 0 Å². The molecule has 1 N–H and O–H groups in total. The highest BCUT2D eigenvalue weighted by Gasteiger charge is 2.29. The van der Waals surface area contributed by atoms with Crippen LogP contribution >= 0.6 is 11.3 Å². The number of likely N-dealkylation sites (tertiary alicyclic amines) is 1. The highest BCUT2D eigenvalue weighted by atomic mass is 32.1. The summed E-state index contributed by atoms with van der Waals surface area (Å²) in [4.78, 5) is 19.4. The number of thiazole rings is 1. The van der Waals surface area contributed by atoms with Gasteiger partial charge in [-0.05, 0) is 44.2 Å². The van der Waals surface area contributed by atoms with Gasteiger partial charge in [-0.25, -0.2) is 4.98 Å². The lowest BCUT2D eigenvalue weighted by atomic mass is 9.86. The molecule has 0 bridgehead atoms. The fraction of sp³-hybridized carbons (Fsp3) is 0.765. The Morgan fingerprint density at radius 3 is 2.68 bits per heavy atom. The van der Waals surface area contributed by atoms with Crippen molar-refractivity contribution in [2.24, 2.45) is 5.41 Å². The minimum absolute atomic E-state index is 0.0299. The smallest absolute Gasteiger partial charge is 0.271 e. The summed E-state index contributed by atoms with van der Waals surface area (Å²) in [6, 6.07) is 0.148. The molecule has 4 nitrogen and oxygen atoms in total. The molecule has 1 saturated heterocycles. The first-order chi connectivity index (χ1) is 10.4. The van der Waals surface area contributed by atoms with Gasteiger partial charge < -0.3 is 10.2 Å². The number of aromatic nitrogens is 1. The summed E-state index contributed by atoms with van der Waals surface area (Å²) in [5.74, 6) is -0.0299. The Kier molecular flexibility index (Phi) is 5.98. The van der Waals surface area contributed by atoms with E-state index in [0.29, 0.717) is 5.69 Å². The molecule has 0 saturated carbocycles.